The van der Waals surface area contributed by atoms with Gasteiger partial charge in [-0.05, 0) is 61.9 Å². The van der Waals surface area contributed by atoms with E-state index in [0.717, 1.165) is 0 Å². The Morgan fingerprint density at radius 2 is 1.87 bits per heavy atom. The number of aliphatic imine (C=N–C) groups is 1. The fourth-order valence-corrected chi connectivity index (χ4v) is 3.52. The van der Waals surface area contributed by atoms with Crippen LogP contribution in [0.2, 0.25) is 0 Å². The summed E-state index contributed by atoms with van der Waals surface area (Å²) in [5.74, 6) is 0.0517. The Balaban J connectivity index is 1.70. The van der Waals surface area contributed by atoms with E-state index >= 15 is 0 Å². The van der Waals surface area contributed by atoms with Gasteiger partial charge >= 0.3 is 0 Å². The van der Waals surface area contributed by atoms with Crippen LogP contribution in [0, 0.1) is 0 Å². The monoisotopic (exact) mass is 402 g/mol. The molecule has 0 aliphatic carbocycles. The van der Waals surface area contributed by atoms with E-state index in [4.69, 9.17) is 9.15 Å². The number of nitrogens with zero attached hydrogens (tertiary/aromatic N) is 2. The summed E-state index contributed by atoms with van der Waals surface area (Å²) in [6.45, 7) is 4.33. The average molecular weight is 402 g/mol. The van der Waals surface area contributed by atoms with Crippen molar-refractivity contribution in [3.05, 3.63) is 83.8 Å². The number of benzene rings is 2. The fraction of sp³-hybridized carbons (Fsp3) is 0.208. The predicted octanol–water partition coefficient (Wildman–Crippen LogP) is 4.78. The standard InChI is InChI=1S/C24H22N2O4/c1-3-29-18-12-10-17(11-13-18)26-23(27)20-8-5-4-7-19(20)21(24(26)28)15-25-16(2)22-9-6-14-30-22/h4-16,21H,3H2,1-2H3/t16-,21-/m1/s1. The summed E-state index contributed by atoms with van der Waals surface area (Å²) in [6, 6.07) is 17.5. The number of fused-ring (bicyclic) bond motifs is 1. The number of hydrogen-bond acceptors (Lipinski definition) is 5. The normalized spacial score (nSPS) is 17.3. The number of anilines is 1. The van der Waals surface area contributed by atoms with Crippen LogP contribution in [-0.2, 0) is 4.79 Å². The molecule has 1 aromatic heterocycles. The third-order valence-electron chi connectivity index (χ3n) is 5.04. The summed E-state index contributed by atoms with van der Waals surface area (Å²) in [7, 11) is 0. The van der Waals surface area contributed by atoms with Gasteiger partial charge in [-0.2, -0.15) is 0 Å². The van der Waals surface area contributed by atoms with Crippen molar-refractivity contribution >= 4 is 23.7 Å². The highest BCUT2D eigenvalue weighted by Gasteiger charge is 2.38. The van der Waals surface area contributed by atoms with Crippen molar-refractivity contribution in [3.8, 4) is 5.75 Å². The maximum absolute atomic E-state index is 13.4. The largest absolute Gasteiger partial charge is 0.494 e. The van der Waals surface area contributed by atoms with Gasteiger partial charge in [-0.3, -0.25) is 14.6 Å². The number of carbonyl (C=O) groups excluding carboxylic acids is 2. The molecule has 0 radical (unpaired) electrons. The van der Waals surface area contributed by atoms with Crippen molar-refractivity contribution in [1.29, 1.82) is 0 Å². The van der Waals surface area contributed by atoms with E-state index in [1.54, 1.807) is 61.0 Å². The van der Waals surface area contributed by atoms with E-state index in [1.807, 2.05) is 26.0 Å². The van der Waals surface area contributed by atoms with E-state index in [-0.39, 0.29) is 17.9 Å². The number of imide groups is 1. The molecule has 1 aliphatic rings. The second kappa shape index (κ2) is 8.37. The maximum Gasteiger partial charge on any atom is 0.265 e. The molecule has 4 rings (SSSR count). The molecule has 2 amide bonds. The van der Waals surface area contributed by atoms with Crippen LogP contribution >= 0.6 is 0 Å². The molecule has 2 heterocycles. The second-order valence-corrected chi connectivity index (χ2v) is 6.96. The van der Waals surface area contributed by atoms with Crippen LogP contribution in [0.3, 0.4) is 0 Å². The number of ether oxygens (including phenoxy) is 1. The highest BCUT2D eigenvalue weighted by atomic mass is 16.5. The molecule has 0 unspecified atom stereocenters. The van der Waals surface area contributed by atoms with Gasteiger partial charge in [-0.25, -0.2) is 4.90 Å². The molecule has 2 atom stereocenters. The lowest BCUT2D eigenvalue weighted by molar-refractivity contribution is -0.118. The molecular formula is C24H22N2O4. The van der Waals surface area contributed by atoms with Gasteiger partial charge in [0.15, 0.2) is 0 Å². The van der Waals surface area contributed by atoms with E-state index < -0.39 is 5.92 Å². The minimum absolute atomic E-state index is 0.239. The van der Waals surface area contributed by atoms with Crippen molar-refractivity contribution in [2.45, 2.75) is 25.8 Å². The quantitative estimate of drug-likeness (QED) is 0.439. The van der Waals surface area contributed by atoms with Crippen LogP contribution in [0.5, 0.6) is 5.75 Å². The lowest BCUT2D eigenvalue weighted by Gasteiger charge is -2.31. The van der Waals surface area contributed by atoms with Gasteiger partial charge in [0, 0.05) is 11.8 Å². The maximum atomic E-state index is 13.4. The van der Waals surface area contributed by atoms with Gasteiger partial charge in [0.2, 0.25) is 5.91 Å². The zero-order chi connectivity index (χ0) is 21.1. The Bertz CT molecular complexity index is 1070. The van der Waals surface area contributed by atoms with Crippen LogP contribution in [0.25, 0.3) is 0 Å². The molecule has 1 aliphatic heterocycles. The number of amides is 2. The molecule has 0 spiro atoms. The van der Waals surface area contributed by atoms with Crippen LogP contribution < -0.4 is 9.64 Å². The van der Waals surface area contributed by atoms with Gasteiger partial charge in [0.05, 0.1) is 24.5 Å². The van der Waals surface area contributed by atoms with E-state index in [1.165, 1.54) is 4.90 Å². The first-order chi connectivity index (χ1) is 14.6. The zero-order valence-electron chi connectivity index (χ0n) is 16.8. The lowest BCUT2D eigenvalue weighted by Crippen LogP contribution is -2.45. The van der Waals surface area contributed by atoms with Crippen LogP contribution in [-0.4, -0.2) is 24.6 Å². The SMILES string of the molecule is CCOc1ccc(N2C(=O)c3ccccc3[C@@H](C=N[C@H](C)c3ccco3)C2=O)cc1. The van der Waals surface area contributed by atoms with E-state index in [9.17, 15) is 9.59 Å². The van der Waals surface area contributed by atoms with E-state index in [2.05, 4.69) is 4.99 Å². The Morgan fingerprint density at radius 3 is 2.57 bits per heavy atom. The molecular weight excluding hydrogens is 380 g/mol. The molecule has 6 nitrogen and oxygen atoms in total. The van der Waals surface area contributed by atoms with Crippen molar-refractivity contribution in [2.75, 3.05) is 11.5 Å². The predicted molar refractivity (Wildman–Crippen MR) is 114 cm³/mol. The number of carbonyl (C=O) groups is 2. The molecule has 6 heteroatoms. The summed E-state index contributed by atoms with van der Waals surface area (Å²) in [4.78, 5) is 32.2. The van der Waals surface area contributed by atoms with Crippen LogP contribution in [0.4, 0.5) is 5.69 Å². The Labute approximate surface area is 174 Å². The van der Waals surface area contributed by atoms with Gasteiger partial charge in [-0.15, -0.1) is 0 Å². The molecule has 0 fully saturated rings. The molecule has 0 bridgehead atoms. The van der Waals surface area contributed by atoms with Crippen LogP contribution in [0.15, 0.2) is 76.3 Å². The summed E-state index contributed by atoms with van der Waals surface area (Å²) < 4.78 is 10.9. The van der Waals surface area contributed by atoms with E-state index in [0.29, 0.717) is 34.9 Å². The summed E-state index contributed by atoms with van der Waals surface area (Å²) in [6.07, 6.45) is 3.21. The minimum atomic E-state index is -0.664. The first kappa shape index (κ1) is 19.6. The molecule has 0 saturated heterocycles. The first-order valence-corrected chi connectivity index (χ1v) is 9.87. The van der Waals surface area contributed by atoms with Crippen molar-refractivity contribution in [1.82, 2.24) is 0 Å². The lowest BCUT2D eigenvalue weighted by atomic mass is 9.88. The molecule has 0 saturated carbocycles. The zero-order valence-corrected chi connectivity index (χ0v) is 16.8. The third kappa shape index (κ3) is 3.64. The fourth-order valence-electron chi connectivity index (χ4n) is 3.52. The highest BCUT2D eigenvalue weighted by molar-refractivity contribution is 6.29. The van der Waals surface area contributed by atoms with Gasteiger partial charge < -0.3 is 9.15 Å². The molecule has 3 aromatic rings. The Hall–Kier alpha value is -3.67. The van der Waals surface area contributed by atoms with Gasteiger partial charge in [0.1, 0.15) is 17.6 Å². The average Bonchev–Trinajstić information content (AvgIpc) is 3.30. The van der Waals surface area contributed by atoms with Crippen molar-refractivity contribution in [2.24, 2.45) is 4.99 Å². The summed E-state index contributed by atoms with van der Waals surface area (Å²) in [5, 5.41) is 0. The number of rotatable bonds is 6. The summed E-state index contributed by atoms with van der Waals surface area (Å²) >= 11 is 0. The third-order valence-corrected chi connectivity index (χ3v) is 5.04. The smallest absolute Gasteiger partial charge is 0.265 e. The molecule has 0 N–H and O–H groups in total. The van der Waals surface area contributed by atoms with Crippen molar-refractivity contribution < 1.29 is 18.7 Å². The van der Waals surface area contributed by atoms with Crippen LogP contribution in [0.1, 0.15) is 47.5 Å². The summed E-state index contributed by atoms with van der Waals surface area (Å²) in [5.41, 5.74) is 1.65. The van der Waals surface area contributed by atoms with Crippen molar-refractivity contribution in [3.63, 3.8) is 0 Å². The van der Waals surface area contributed by atoms with Gasteiger partial charge in [-0.1, -0.05) is 18.2 Å². The Morgan fingerprint density at radius 1 is 1.10 bits per heavy atom. The first-order valence-electron chi connectivity index (χ1n) is 9.87. The topological polar surface area (TPSA) is 72.1 Å². The van der Waals surface area contributed by atoms with Gasteiger partial charge in [0.25, 0.3) is 5.91 Å². The second-order valence-electron chi connectivity index (χ2n) is 6.96. The molecule has 2 aromatic carbocycles. The number of hydrogen-bond donors (Lipinski definition) is 0. The Kier molecular flexibility index (Phi) is 5.48. The highest BCUT2D eigenvalue weighted by Crippen LogP contribution is 2.33. The molecule has 30 heavy (non-hydrogen) atoms. The molecule has 152 valence electrons. The number of furan rings is 1. The minimum Gasteiger partial charge on any atom is -0.494 e.